The van der Waals surface area contributed by atoms with Crippen molar-refractivity contribution in [2.24, 2.45) is 0 Å². The van der Waals surface area contributed by atoms with E-state index in [1.165, 1.54) is 32.3 Å². The highest BCUT2D eigenvalue weighted by Crippen LogP contribution is 2.29. The van der Waals surface area contributed by atoms with E-state index in [-0.39, 0.29) is 15.5 Å². The normalized spacial score (nSPS) is 11.5. The average Bonchev–Trinajstić information content (AvgIpc) is 2.57. The number of amides is 1. The minimum atomic E-state index is -3.78. The first kappa shape index (κ1) is 20.5. The number of carbonyl (C=O) groups excluding carboxylic acids is 1. The Balaban J connectivity index is 2.39. The molecule has 1 N–H and O–H groups in total. The zero-order valence-corrected chi connectivity index (χ0v) is 16.7. The Morgan fingerprint density at radius 1 is 1.15 bits per heavy atom. The van der Waals surface area contributed by atoms with Crippen LogP contribution in [0, 0.1) is 0 Å². The molecule has 26 heavy (non-hydrogen) atoms. The molecule has 0 spiro atoms. The number of sulfonamides is 1. The number of benzene rings is 2. The quantitative estimate of drug-likeness (QED) is 0.774. The Labute approximate surface area is 162 Å². The van der Waals surface area contributed by atoms with Gasteiger partial charge in [-0.25, -0.2) is 12.7 Å². The number of halogens is 2. The molecule has 2 rings (SSSR count). The van der Waals surface area contributed by atoms with Crippen LogP contribution in [0.4, 0.5) is 5.69 Å². The predicted molar refractivity (Wildman–Crippen MR) is 103 cm³/mol. The van der Waals surface area contributed by atoms with E-state index < -0.39 is 15.9 Å². The lowest BCUT2D eigenvalue weighted by atomic mass is 10.2. The highest BCUT2D eigenvalue weighted by molar-refractivity contribution is 7.89. The molecule has 0 saturated carbocycles. The maximum absolute atomic E-state index is 12.6. The monoisotopic (exact) mass is 416 g/mol. The third-order valence-electron chi connectivity index (χ3n) is 3.44. The summed E-state index contributed by atoms with van der Waals surface area (Å²) in [4.78, 5) is 12.4. The highest BCUT2D eigenvalue weighted by atomic mass is 35.5. The van der Waals surface area contributed by atoms with Crippen LogP contribution in [0.15, 0.2) is 41.3 Å². The van der Waals surface area contributed by atoms with Crippen LogP contribution < -0.4 is 10.1 Å². The molecule has 1 amide bonds. The van der Waals surface area contributed by atoms with Crippen molar-refractivity contribution in [2.45, 2.75) is 11.8 Å². The van der Waals surface area contributed by atoms with Crippen molar-refractivity contribution in [3.8, 4) is 5.75 Å². The number of anilines is 1. The number of ether oxygens (including phenoxy) is 1. The van der Waals surface area contributed by atoms with E-state index in [2.05, 4.69) is 5.32 Å². The zero-order chi connectivity index (χ0) is 19.5. The summed E-state index contributed by atoms with van der Waals surface area (Å²) in [5, 5.41) is 3.14. The van der Waals surface area contributed by atoms with Crippen molar-refractivity contribution in [3.05, 3.63) is 52.0 Å². The molecule has 0 aliphatic heterocycles. The molecule has 0 aliphatic carbocycles. The van der Waals surface area contributed by atoms with Gasteiger partial charge in [0.2, 0.25) is 10.0 Å². The van der Waals surface area contributed by atoms with Crippen LogP contribution in [-0.4, -0.2) is 39.3 Å². The van der Waals surface area contributed by atoms with Gasteiger partial charge in [0.05, 0.1) is 17.3 Å². The fourth-order valence-corrected chi connectivity index (χ4v) is 3.68. The van der Waals surface area contributed by atoms with Crippen molar-refractivity contribution in [1.82, 2.24) is 4.31 Å². The van der Waals surface area contributed by atoms with Crippen LogP contribution in [0.1, 0.15) is 17.3 Å². The molecule has 0 heterocycles. The van der Waals surface area contributed by atoms with Gasteiger partial charge in [0.25, 0.3) is 5.91 Å². The molecule has 2 aromatic carbocycles. The molecule has 0 unspecified atom stereocenters. The Morgan fingerprint density at radius 3 is 2.46 bits per heavy atom. The number of carbonyl (C=O) groups is 1. The maximum Gasteiger partial charge on any atom is 0.255 e. The number of nitrogens with one attached hydrogen (secondary N) is 1. The lowest BCUT2D eigenvalue weighted by Crippen LogP contribution is -2.23. The molecule has 6 nitrogen and oxygen atoms in total. The van der Waals surface area contributed by atoms with Gasteiger partial charge in [-0.15, -0.1) is 0 Å². The van der Waals surface area contributed by atoms with Gasteiger partial charge >= 0.3 is 0 Å². The van der Waals surface area contributed by atoms with E-state index in [0.717, 1.165) is 4.31 Å². The smallest absolute Gasteiger partial charge is 0.255 e. The molecule has 2 aromatic rings. The molecule has 140 valence electrons. The molecule has 0 aromatic heterocycles. The summed E-state index contributed by atoms with van der Waals surface area (Å²) in [6, 6.07) is 8.89. The summed E-state index contributed by atoms with van der Waals surface area (Å²) < 4.78 is 31.2. The van der Waals surface area contributed by atoms with Crippen LogP contribution in [0.25, 0.3) is 0 Å². The second kappa shape index (κ2) is 8.26. The lowest BCUT2D eigenvalue weighted by Gasteiger charge is -2.15. The first-order chi connectivity index (χ1) is 12.2. The summed E-state index contributed by atoms with van der Waals surface area (Å²) in [5.41, 5.74) is 0.522. The molecule has 0 aliphatic rings. The SMILES string of the molecule is CCOc1ccc(Cl)cc1NC(=O)c1ccc(Cl)c(S(=O)(=O)N(C)C)c1. The van der Waals surface area contributed by atoms with Gasteiger partial charge in [-0.3, -0.25) is 4.79 Å². The van der Waals surface area contributed by atoms with Gasteiger partial charge in [-0.05, 0) is 43.3 Å². The largest absolute Gasteiger partial charge is 0.492 e. The molecule has 0 fully saturated rings. The Hall–Kier alpha value is -1.80. The third-order valence-corrected chi connectivity index (χ3v) is 5.97. The molecule has 0 bridgehead atoms. The van der Waals surface area contributed by atoms with E-state index in [1.807, 2.05) is 6.92 Å². The van der Waals surface area contributed by atoms with Crippen LogP contribution in [0.2, 0.25) is 10.0 Å². The third kappa shape index (κ3) is 4.48. The van der Waals surface area contributed by atoms with Crippen molar-refractivity contribution < 1.29 is 17.9 Å². The molecule has 0 atom stereocenters. The molecular weight excluding hydrogens is 399 g/mol. The summed E-state index contributed by atoms with van der Waals surface area (Å²) in [7, 11) is -1.01. The minimum absolute atomic E-state index is 0.0352. The van der Waals surface area contributed by atoms with Gasteiger partial charge in [0, 0.05) is 24.7 Å². The summed E-state index contributed by atoms with van der Waals surface area (Å²) >= 11 is 12.0. The second-order valence-electron chi connectivity index (χ2n) is 5.46. The molecule has 9 heteroatoms. The fraction of sp³-hybridized carbons (Fsp3) is 0.235. The van der Waals surface area contributed by atoms with Gasteiger partial charge in [0.1, 0.15) is 10.6 Å². The standard InChI is InChI=1S/C17H18Cl2N2O4S/c1-4-25-15-8-6-12(18)10-14(15)20-17(22)11-5-7-13(19)16(9-11)26(23,24)21(2)3/h5-10H,4H2,1-3H3,(H,20,22). The second-order valence-corrected chi connectivity index (χ2v) is 8.42. The van der Waals surface area contributed by atoms with Crippen molar-refractivity contribution in [2.75, 3.05) is 26.0 Å². The topological polar surface area (TPSA) is 75.7 Å². The van der Waals surface area contributed by atoms with Crippen LogP contribution in [0.3, 0.4) is 0 Å². The van der Waals surface area contributed by atoms with Crippen LogP contribution >= 0.6 is 23.2 Å². The maximum atomic E-state index is 12.6. The van der Waals surface area contributed by atoms with Crippen molar-refractivity contribution >= 4 is 44.8 Å². The van der Waals surface area contributed by atoms with E-state index in [1.54, 1.807) is 18.2 Å². The lowest BCUT2D eigenvalue weighted by molar-refractivity contribution is 0.102. The Morgan fingerprint density at radius 2 is 1.85 bits per heavy atom. The summed E-state index contributed by atoms with van der Waals surface area (Å²) in [6.45, 7) is 2.23. The first-order valence-corrected chi connectivity index (χ1v) is 9.82. The van der Waals surface area contributed by atoms with Crippen LogP contribution in [-0.2, 0) is 10.0 Å². The van der Waals surface area contributed by atoms with Crippen molar-refractivity contribution in [1.29, 1.82) is 0 Å². The predicted octanol–water partition coefficient (Wildman–Crippen LogP) is 3.89. The first-order valence-electron chi connectivity index (χ1n) is 7.62. The Bertz CT molecular complexity index is 930. The highest BCUT2D eigenvalue weighted by Gasteiger charge is 2.22. The molecule has 0 saturated heterocycles. The van der Waals surface area contributed by atoms with Crippen molar-refractivity contribution in [3.63, 3.8) is 0 Å². The van der Waals surface area contributed by atoms with Gasteiger partial charge in [-0.2, -0.15) is 0 Å². The zero-order valence-electron chi connectivity index (χ0n) is 14.4. The Kier molecular flexibility index (Phi) is 6.52. The van der Waals surface area contributed by atoms with E-state index in [0.29, 0.717) is 23.1 Å². The fourth-order valence-electron chi connectivity index (χ4n) is 2.11. The number of hydrogen-bond donors (Lipinski definition) is 1. The average molecular weight is 417 g/mol. The summed E-state index contributed by atoms with van der Waals surface area (Å²) in [5.74, 6) is -0.0551. The number of nitrogens with zero attached hydrogens (tertiary/aromatic N) is 1. The van der Waals surface area contributed by atoms with Gasteiger partial charge in [0.15, 0.2) is 0 Å². The van der Waals surface area contributed by atoms with E-state index in [4.69, 9.17) is 27.9 Å². The minimum Gasteiger partial charge on any atom is -0.492 e. The van der Waals surface area contributed by atoms with Crippen LogP contribution in [0.5, 0.6) is 5.75 Å². The van der Waals surface area contributed by atoms with E-state index in [9.17, 15) is 13.2 Å². The molecular formula is C17H18Cl2N2O4S. The number of rotatable bonds is 6. The number of hydrogen-bond acceptors (Lipinski definition) is 4. The van der Waals surface area contributed by atoms with Gasteiger partial charge < -0.3 is 10.1 Å². The molecule has 0 radical (unpaired) electrons. The van der Waals surface area contributed by atoms with Gasteiger partial charge in [-0.1, -0.05) is 23.2 Å². The summed E-state index contributed by atoms with van der Waals surface area (Å²) in [6.07, 6.45) is 0. The van der Waals surface area contributed by atoms with E-state index >= 15 is 0 Å².